The summed E-state index contributed by atoms with van der Waals surface area (Å²) in [5.41, 5.74) is 3.21. The largest absolute Gasteiger partial charge is 0.455 e. The maximum absolute atomic E-state index is 12.2. The molecule has 0 radical (unpaired) electrons. The predicted octanol–water partition coefficient (Wildman–Crippen LogP) is 0.878. The van der Waals surface area contributed by atoms with Crippen molar-refractivity contribution in [2.75, 3.05) is 18.1 Å². The molecule has 150 valence electrons. The van der Waals surface area contributed by atoms with Gasteiger partial charge in [0.2, 0.25) is 0 Å². The highest BCUT2D eigenvalue weighted by Gasteiger charge is 2.29. The zero-order valence-electron chi connectivity index (χ0n) is 15.8. The van der Waals surface area contributed by atoms with Crippen molar-refractivity contribution in [2.24, 2.45) is 0 Å². The van der Waals surface area contributed by atoms with Crippen LogP contribution in [0.3, 0.4) is 0 Å². The molecular weight excluding hydrogens is 382 g/mol. The van der Waals surface area contributed by atoms with Crippen molar-refractivity contribution in [1.82, 2.24) is 15.1 Å². The Balaban J connectivity index is 1.55. The van der Waals surface area contributed by atoms with Crippen molar-refractivity contribution in [3.05, 3.63) is 47.3 Å². The number of carbonyl (C=O) groups excluding carboxylic acids is 2. The first kappa shape index (κ1) is 20.1. The summed E-state index contributed by atoms with van der Waals surface area (Å²) < 4.78 is 29.7. The summed E-state index contributed by atoms with van der Waals surface area (Å²) in [5.74, 6) is -1.03. The Kier molecular flexibility index (Phi) is 5.83. The third kappa shape index (κ3) is 4.78. The molecule has 0 spiro atoms. The van der Waals surface area contributed by atoms with Gasteiger partial charge in [-0.15, -0.1) is 0 Å². The molecule has 9 heteroatoms. The van der Waals surface area contributed by atoms with Gasteiger partial charge in [-0.1, -0.05) is 18.2 Å². The van der Waals surface area contributed by atoms with Gasteiger partial charge in [-0.2, -0.15) is 5.10 Å². The highest BCUT2D eigenvalue weighted by molar-refractivity contribution is 7.91. The maximum atomic E-state index is 12.2. The Morgan fingerprint density at radius 2 is 1.96 bits per heavy atom. The lowest BCUT2D eigenvalue weighted by Gasteiger charge is -2.11. The van der Waals surface area contributed by atoms with Gasteiger partial charge in [-0.3, -0.25) is 9.59 Å². The molecule has 28 heavy (non-hydrogen) atoms. The Bertz CT molecular complexity index is 982. The van der Waals surface area contributed by atoms with Crippen molar-refractivity contribution < 1.29 is 22.7 Å². The fourth-order valence-electron chi connectivity index (χ4n) is 3.27. The van der Waals surface area contributed by atoms with E-state index in [4.69, 9.17) is 4.74 Å². The van der Waals surface area contributed by atoms with E-state index in [1.54, 1.807) is 4.68 Å². The van der Waals surface area contributed by atoms with Crippen LogP contribution < -0.4 is 5.32 Å². The molecule has 1 fully saturated rings. The molecular formula is C19H23N3O5S. The quantitative estimate of drug-likeness (QED) is 0.715. The van der Waals surface area contributed by atoms with E-state index in [0.717, 1.165) is 22.6 Å². The fourth-order valence-corrected chi connectivity index (χ4v) is 4.94. The molecule has 1 aliphatic heterocycles. The van der Waals surface area contributed by atoms with Crippen molar-refractivity contribution in [2.45, 2.75) is 32.7 Å². The summed E-state index contributed by atoms with van der Waals surface area (Å²) in [5, 5.41) is 7.07. The first-order chi connectivity index (χ1) is 13.2. The summed E-state index contributed by atoms with van der Waals surface area (Å²) in [6.07, 6.45) is 0.397. The molecule has 1 saturated heterocycles. The molecule has 2 aromatic rings. The number of hydrogen-bond donors (Lipinski definition) is 1. The van der Waals surface area contributed by atoms with Crippen LogP contribution in [0.1, 0.15) is 23.4 Å². The second-order valence-corrected chi connectivity index (χ2v) is 9.13. The molecule has 1 aromatic carbocycles. The number of carbonyl (C=O) groups is 2. The van der Waals surface area contributed by atoms with Crippen molar-refractivity contribution in [3.8, 4) is 5.69 Å². The first-order valence-electron chi connectivity index (χ1n) is 9.01. The van der Waals surface area contributed by atoms with Gasteiger partial charge in [-0.05, 0) is 32.4 Å². The van der Waals surface area contributed by atoms with Crippen LogP contribution in [0.15, 0.2) is 30.3 Å². The van der Waals surface area contributed by atoms with Gasteiger partial charge in [0, 0.05) is 17.3 Å². The molecule has 2 heterocycles. The van der Waals surface area contributed by atoms with E-state index in [0.29, 0.717) is 6.42 Å². The van der Waals surface area contributed by atoms with Gasteiger partial charge < -0.3 is 10.1 Å². The normalized spacial score (nSPS) is 18.0. The number of hydrogen-bond acceptors (Lipinski definition) is 6. The molecule has 1 aliphatic rings. The van der Waals surface area contributed by atoms with Crippen LogP contribution in [0.2, 0.25) is 0 Å². The lowest BCUT2D eigenvalue weighted by atomic mass is 10.1. The van der Waals surface area contributed by atoms with Crippen molar-refractivity contribution in [3.63, 3.8) is 0 Å². The van der Waals surface area contributed by atoms with Gasteiger partial charge in [0.15, 0.2) is 16.4 Å². The molecule has 1 aromatic heterocycles. The average molecular weight is 405 g/mol. The third-order valence-electron chi connectivity index (χ3n) is 4.72. The zero-order chi connectivity index (χ0) is 20.3. The highest BCUT2D eigenvalue weighted by Crippen LogP contribution is 2.18. The summed E-state index contributed by atoms with van der Waals surface area (Å²) in [4.78, 5) is 24.1. The summed E-state index contributed by atoms with van der Waals surface area (Å²) >= 11 is 0. The van der Waals surface area contributed by atoms with E-state index in [9.17, 15) is 18.0 Å². The third-order valence-corrected chi connectivity index (χ3v) is 6.49. The van der Waals surface area contributed by atoms with Gasteiger partial charge in [0.25, 0.3) is 5.91 Å². The SMILES string of the molecule is Cc1nn(-c2ccccc2)c(C)c1CC(=O)OCC(=O)N[C@@H]1CCS(=O)(=O)C1. The molecule has 1 N–H and O–H groups in total. The number of benzene rings is 1. The molecule has 1 atom stereocenters. The minimum atomic E-state index is -3.07. The smallest absolute Gasteiger partial charge is 0.310 e. The number of nitrogens with zero attached hydrogens (tertiary/aromatic N) is 2. The van der Waals surface area contributed by atoms with E-state index in [-0.39, 0.29) is 17.9 Å². The minimum absolute atomic E-state index is 0.00951. The molecule has 8 nitrogen and oxygen atoms in total. The van der Waals surface area contributed by atoms with Crippen LogP contribution in [-0.2, 0) is 30.6 Å². The number of aryl methyl sites for hydroxylation is 1. The Labute approximate surface area is 163 Å². The van der Waals surface area contributed by atoms with E-state index in [2.05, 4.69) is 10.4 Å². The van der Waals surface area contributed by atoms with Crippen LogP contribution >= 0.6 is 0 Å². The summed E-state index contributed by atoms with van der Waals surface area (Å²) in [7, 11) is -3.07. The maximum Gasteiger partial charge on any atom is 0.310 e. The fraction of sp³-hybridized carbons (Fsp3) is 0.421. The highest BCUT2D eigenvalue weighted by atomic mass is 32.2. The summed E-state index contributed by atoms with van der Waals surface area (Å²) in [6, 6.07) is 9.18. The number of ether oxygens (including phenoxy) is 1. The number of nitrogens with one attached hydrogen (secondary N) is 1. The van der Waals surface area contributed by atoms with Crippen LogP contribution in [-0.4, -0.2) is 54.2 Å². The van der Waals surface area contributed by atoms with E-state index in [1.165, 1.54) is 0 Å². The van der Waals surface area contributed by atoms with Crippen molar-refractivity contribution in [1.29, 1.82) is 0 Å². The molecule has 3 rings (SSSR count). The van der Waals surface area contributed by atoms with Crippen LogP contribution in [0.5, 0.6) is 0 Å². The lowest BCUT2D eigenvalue weighted by molar-refractivity contribution is -0.148. The predicted molar refractivity (Wildman–Crippen MR) is 103 cm³/mol. The van der Waals surface area contributed by atoms with Crippen LogP contribution in [0.25, 0.3) is 5.69 Å². The molecule has 0 aliphatic carbocycles. The van der Waals surface area contributed by atoms with E-state index < -0.39 is 34.4 Å². The van der Waals surface area contributed by atoms with Gasteiger partial charge in [0.1, 0.15) is 0 Å². The number of rotatable bonds is 6. The van der Waals surface area contributed by atoms with Crippen molar-refractivity contribution >= 4 is 21.7 Å². The monoisotopic (exact) mass is 405 g/mol. The topological polar surface area (TPSA) is 107 Å². The average Bonchev–Trinajstić information content (AvgIpc) is 3.13. The number of sulfone groups is 1. The van der Waals surface area contributed by atoms with Gasteiger partial charge in [0.05, 0.1) is 29.3 Å². The molecule has 1 amide bonds. The van der Waals surface area contributed by atoms with Crippen LogP contribution in [0.4, 0.5) is 0 Å². The molecule has 0 bridgehead atoms. The second-order valence-electron chi connectivity index (χ2n) is 6.90. The number of amides is 1. The first-order valence-corrected chi connectivity index (χ1v) is 10.8. The Morgan fingerprint density at radius 3 is 2.61 bits per heavy atom. The second kappa shape index (κ2) is 8.14. The van der Waals surface area contributed by atoms with E-state index >= 15 is 0 Å². The standard InChI is InChI=1S/C19H23N3O5S/c1-13-17(14(2)22(21-13)16-6-4-3-5-7-16)10-19(24)27-11-18(23)20-15-8-9-28(25,26)12-15/h3-7,15H,8-12H2,1-2H3,(H,20,23)/t15-/m1/s1. The van der Waals surface area contributed by atoms with Gasteiger partial charge >= 0.3 is 5.97 Å². The Morgan fingerprint density at radius 1 is 1.25 bits per heavy atom. The zero-order valence-corrected chi connectivity index (χ0v) is 16.7. The molecule has 0 saturated carbocycles. The number of para-hydroxylation sites is 1. The summed E-state index contributed by atoms with van der Waals surface area (Å²) in [6.45, 7) is 3.27. The van der Waals surface area contributed by atoms with E-state index in [1.807, 2.05) is 44.2 Å². The lowest BCUT2D eigenvalue weighted by Crippen LogP contribution is -2.38. The van der Waals surface area contributed by atoms with Crippen LogP contribution in [0, 0.1) is 13.8 Å². The van der Waals surface area contributed by atoms with Gasteiger partial charge in [-0.25, -0.2) is 13.1 Å². The Hall–Kier alpha value is -2.68. The number of aromatic nitrogens is 2. The minimum Gasteiger partial charge on any atom is -0.455 e. The molecule has 0 unspecified atom stereocenters. The number of esters is 1.